The second-order valence-corrected chi connectivity index (χ2v) is 5.50. The van der Waals surface area contributed by atoms with Crippen LogP contribution in [-0.2, 0) is 13.0 Å². The molecule has 1 N–H and O–H groups in total. The quantitative estimate of drug-likeness (QED) is 0.743. The molecule has 1 nitrogen and oxygen atoms in total. The molecule has 0 radical (unpaired) electrons. The smallest absolute Gasteiger partial charge is 0.0299 e. The molecule has 0 aliphatic carbocycles. The van der Waals surface area contributed by atoms with E-state index in [4.69, 9.17) is 0 Å². The minimum atomic E-state index is 0.806. The predicted octanol–water partition coefficient (Wildman–Crippen LogP) is 3.84. The average molecular weight is 225 g/mol. The van der Waals surface area contributed by atoms with Crippen LogP contribution in [0.2, 0.25) is 0 Å². The monoisotopic (exact) mass is 225 g/mol. The third kappa shape index (κ3) is 4.80. The maximum Gasteiger partial charge on any atom is 0.0299 e. The summed E-state index contributed by atoms with van der Waals surface area (Å²) >= 11 is 1.94. The number of thiophene rings is 1. The zero-order valence-electron chi connectivity index (χ0n) is 10.2. The first-order valence-electron chi connectivity index (χ1n) is 6.04. The number of hydrogen-bond acceptors (Lipinski definition) is 2. The Hall–Kier alpha value is -0.340. The summed E-state index contributed by atoms with van der Waals surface area (Å²) in [5, 5.41) is 3.53. The van der Waals surface area contributed by atoms with Crippen LogP contribution in [0.15, 0.2) is 12.1 Å². The molecule has 0 bridgehead atoms. The highest BCUT2D eigenvalue weighted by molar-refractivity contribution is 7.11. The molecule has 15 heavy (non-hydrogen) atoms. The molecule has 0 saturated heterocycles. The number of rotatable bonds is 7. The van der Waals surface area contributed by atoms with E-state index in [1.165, 1.54) is 22.6 Å². The van der Waals surface area contributed by atoms with Gasteiger partial charge in [-0.2, -0.15) is 0 Å². The number of nitrogens with one attached hydrogen (secondary N) is 1. The lowest BCUT2D eigenvalue weighted by molar-refractivity contribution is 0.477. The van der Waals surface area contributed by atoms with Crippen molar-refractivity contribution in [3.63, 3.8) is 0 Å². The van der Waals surface area contributed by atoms with Gasteiger partial charge in [-0.25, -0.2) is 0 Å². The van der Waals surface area contributed by atoms with Gasteiger partial charge in [0.15, 0.2) is 0 Å². The van der Waals surface area contributed by atoms with Crippen molar-refractivity contribution in [3.8, 4) is 0 Å². The molecular formula is C13H23NS. The van der Waals surface area contributed by atoms with Crippen LogP contribution in [0.25, 0.3) is 0 Å². The third-order valence-corrected chi connectivity index (χ3v) is 3.87. The van der Waals surface area contributed by atoms with Gasteiger partial charge in [-0.1, -0.05) is 27.2 Å². The topological polar surface area (TPSA) is 12.0 Å². The Balaban J connectivity index is 2.19. The molecule has 1 rings (SSSR count). The van der Waals surface area contributed by atoms with E-state index in [0.29, 0.717) is 0 Å². The van der Waals surface area contributed by atoms with E-state index >= 15 is 0 Å². The molecular weight excluding hydrogens is 202 g/mol. The van der Waals surface area contributed by atoms with Crippen molar-refractivity contribution in [2.75, 3.05) is 6.54 Å². The van der Waals surface area contributed by atoms with Gasteiger partial charge in [0.2, 0.25) is 0 Å². The van der Waals surface area contributed by atoms with Crippen LogP contribution in [-0.4, -0.2) is 6.54 Å². The second-order valence-electron chi connectivity index (χ2n) is 4.25. The SMILES string of the molecule is CCCC(C)CNCc1ccc(CC)s1. The molecule has 0 saturated carbocycles. The lowest BCUT2D eigenvalue weighted by Gasteiger charge is -2.10. The number of hydrogen-bond donors (Lipinski definition) is 1. The standard InChI is InChI=1S/C13H23NS/c1-4-6-11(3)9-14-10-13-8-7-12(5-2)15-13/h7-8,11,14H,4-6,9-10H2,1-3H3. The van der Waals surface area contributed by atoms with Gasteiger partial charge < -0.3 is 5.32 Å². The van der Waals surface area contributed by atoms with Crippen molar-refractivity contribution < 1.29 is 0 Å². The van der Waals surface area contributed by atoms with Gasteiger partial charge in [-0.05, 0) is 37.4 Å². The van der Waals surface area contributed by atoms with Gasteiger partial charge >= 0.3 is 0 Å². The van der Waals surface area contributed by atoms with E-state index < -0.39 is 0 Å². The van der Waals surface area contributed by atoms with Gasteiger partial charge in [0.1, 0.15) is 0 Å². The fourth-order valence-electron chi connectivity index (χ4n) is 1.74. The maximum atomic E-state index is 3.53. The highest BCUT2D eigenvalue weighted by Crippen LogP contribution is 2.16. The summed E-state index contributed by atoms with van der Waals surface area (Å²) in [4.78, 5) is 2.96. The zero-order valence-corrected chi connectivity index (χ0v) is 11.0. The molecule has 1 atom stereocenters. The van der Waals surface area contributed by atoms with Crippen molar-refractivity contribution in [2.24, 2.45) is 5.92 Å². The Morgan fingerprint density at radius 3 is 2.60 bits per heavy atom. The Morgan fingerprint density at radius 2 is 2.00 bits per heavy atom. The first-order chi connectivity index (χ1) is 7.26. The largest absolute Gasteiger partial charge is 0.312 e. The Morgan fingerprint density at radius 1 is 1.27 bits per heavy atom. The summed E-state index contributed by atoms with van der Waals surface area (Å²) in [6, 6.07) is 4.50. The fourth-order valence-corrected chi connectivity index (χ4v) is 2.67. The molecule has 0 aliphatic rings. The summed E-state index contributed by atoms with van der Waals surface area (Å²) < 4.78 is 0. The molecule has 0 spiro atoms. The normalized spacial score (nSPS) is 13.0. The van der Waals surface area contributed by atoms with Crippen molar-refractivity contribution in [1.29, 1.82) is 0 Å². The maximum absolute atomic E-state index is 3.53. The summed E-state index contributed by atoms with van der Waals surface area (Å²) in [6.45, 7) is 8.98. The van der Waals surface area contributed by atoms with Gasteiger partial charge in [0.05, 0.1) is 0 Å². The van der Waals surface area contributed by atoms with Crippen LogP contribution < -0.4 is 5.32 Å². The van der Waals surface area contributed by atoms with Gasteiger partial charge in [0.25, 0.3) is 0 Å². The molecule has 1 aromatic heterocycles. The zero-order chi connectivity index (χ0) is 11.1. The average Bonchev–Trinajstić information content (AvgIpc) is 2.66. The van der Waals surface area contributed by atoms with Crippen molar-refractivity contribution in [1.82, 2.24) is 5.32 Å². The van der Waals surface area contributed by atoms with Crippen LogP contribution in [0, 0.1) is 5.92 Å². The first-order valence-corrected chi connectivity index (χ1v) is 6.86. The predicted molar refractivity (Wildman–Crippen MR) is 69.5 cm³/mol. The van der Waals surface area contributed by atoms with Crippen LogP contribution in [0.1, 0.15) is 43.4 Å². The molecule has 0 amide bonds. The van der Waals surface area contributed by atoms with Gasteiger partial charge in [0, 0.05) is 16.3 Å². The molecule has 1 aromatic rings. The highest BCUT2D eigenvalue weighted by Gasteiger charge is 2.01. The minimum absolute atomic E-state index is 0.806. The molecule has 0 fully saturated rings. The van der Waals surface area contributed by atoms with E-state index in [1.807, 2.05) is 11.3 Å². The van der Waals surface area contributed by atoms with E-state index in [-0.39, 0.29) is 0 Å². The molecule has 1 unspecified atom stereocenters. The van der Waals surface area contributed by atoms with Gasteiger partial charge in [-0.3, -0.25) is 0 Å². The lowest BCUT2D eigenvalue weighted by Crippen LogP contribution is -2.20. The summed E-state index contributed by atoms with van der Waals surface area (Å²) in [5.74, 6) is 0.806. The van der Waals surface area contributed by atoms with Crippen molar-refractivity contribution in [3.05, 3.63) is 21.9 Å². The van der Waals surface area contributed by atoms with E-state index in [9.17, 15) is 0 Å². The molecule has 86 valence electrons. The van der Waals surface area contributed by atoms with Crippen molar-refractivity contribution in [2.45, 2.75) is 46.6 Å². The van der Waals surface area contributed by atoms with E-state index in [2.05, 4.69) is 38.2 Å². The van der Waals surface area contributed by atoms with Crippen LogP contribution in [0.5, 0.6) is 0 Å². The fraction of sp³-hybridized carbons (Fsp3) is 0.692. The Kier molecular flexibility index (Phi) is 5.96. The Bertz CT molecular complexity index is 267. The minimum Gasteiger partial charge on any atom is -0.312 e. The molecule has 2 heteroatoms. The van der Waals surface area contributed by atoms with Crippen LogP contribution in [0.3, 0.4) is 0 Å². The van der Waals surface area contributed by atoms with Crippen LogP contribution in [0.4, 0.5) is 0 Å². The summed E-state index contributed by atoms with van der Waals surface area (Å²) in [7, 11) is 0. The van der Waals surface area contributed by atoms with Gasteiger partial charge in [-0.15, -0.1) is 11.3 Å². The second kappa shape index (κ2) is 7.02. The third-order valence-electron chi connectivity index (χ3n) is 2.64. The molecule has 1 heterocycles. The Labute approximate surface area is 97.9 Å². The van der Waals surface area contributed by atoms with Crippen molar-refractivity contribution >= 4 is 11.3 Å². The molecule has 0 aliphatic heterocycles. The molecule has 0 aromatic carbocycles. The summed E-state index contributed by atoms with van der Waals surface area (Å²) in [5.41, 5.74) is 0. The number of aryl methyl sites for hydroxylation is 1. The van der Waals surface area contributed by atoms with E-state index in [1.54, 1.807) is 0 Å². The lowest BCUT2D eigenvalue weighted by atomic mass is 10.1. The van der Waals surface area contributed by atoms with Crippen LogP contribution >= 0.6 is 11.3 Å². The van der Waals surface area contributed by atoms with E-state index in [0.717, 1.165) is 25.4 Å². The summed E-state index contributed by atoms with van der Waals surface area (Å²) in [6.07, 6.45) is 3.79. The first kappa shape index (κ1) is 12.7. The highest BCUT2D eigenvalue weighted by atomic mass is 32.1.